The maximum absolute atomic E-state index is 5.62. The van der Waals surface area contributed by atoms with Crippen LogP contribution in [0, 0.1) is 5.92 Å². The monoisotopic (exact) mass is 159 g/mol. The highest BCUT2D eigenvalue weighted by molar-refractivity contribution is 4.59. The average Bonchev–Trinajstić information content (AvgIpc) is 1.82. The molecule has 2 nitrogen and oxygen atoms in total. The van der Waals surface area contributed by atoms with Gasteiger partial charge in [0, 0.05) is 12.6 Å². The Morgan fingerprint density at radius 3 is 2.09 bits per heavy atom. The lowest BCUT2D eigenvalue weighted by molar-refractivity contribution is 0.0395. The Balaban J connectivity index is 3.29. The summed E-state index contributed by atoms with van der Waals surface area (Å²) in [7, 11) is 0. The maximum Gasteiger partial charge on any atom is 0.0561 e. The first-order valence-corrected chi connectivity index (χ1v) is 4.39. The smallest absolute Gasteiger partial charge is 0.0561 e. The number of hydrogen-bond acceptors (Lipinski definition) is 2. The summed E-state index contributed by atoms with van der Waals surface area (Å²) in [6, 6.07) is 0.247. The van der Waals surface area contributed by atoms with E-state index in [-0.39, 0.29) is 6.04 Å². The zero-order valence-electron chi connectivity index (χ0n) is 8.13. The number of rotatable bonds is 5. The minimum Gasteiger partial charge on any atom is -0.378 e. The van der Waals surface area contributed by atoms with Crippen molar-refractivity contribution < 1.29 is 4.74 Å². The van der Waals surface area contributed by atoms with Gasteiger partial charge in [-0.2, -0.15) is 0 Å². The van der Waals surface area contributed by atoms with Crippen molar-refractivity contribution in [3.8, 4) is 0 Å². The molecule has 0 aromatic carbocycles. The second-order valence-corrected chi connectivity index (χ2v) is 3.75. The lowest BCUT2D eigenvalue weighted by Gasteiger charge is -2.16. The second kappa shape index (κ2) is 5.56. The lowest BCUT2D eigenvalue weighted by Crippen LogP contribution is -2.23. The Labute approximate surface area is 70.1 Å². The van der Waals surface area contributed by atoms with E-state index in [4.69, 9.17) is 10.5 Å². The van der Waals surface area contributed by atoms with Gasteiger partial charge in [-0.05, 0) is 26.2 Å². The molecule has 0 amide bonds. The molecule has 0 aromatic heterocycles. The van der Waals surface area contributed by atoms with Gasteiger partial charge in [0.05, 0.1) is 6.10 Å². The predicted molar refractivity (Wildman–Crippen MR) is 48.5 cm³/mol. The molecule has 0 aliphatic carbocycles. The van der Waals surface area contributed by atoms with E-state index in [1.54, 1.807) is 0 Å². The SMILES string of the molecule is CC(C)COC(C)CC(C)N. The molecule has 0 aliphatic heterocycles. The van der Waals surface area contributed by atoms with Crippen molar-refractivity contribution in [2.75, 3.05) is 6.61 Å². The van der Waals surface area contributed by atoms with E-state index in [0.717, 1.165) is 13.0 Å². The van der Waals surface area contributed by atoms with Gasteiger partial charge in [-0.15, -0.1) is 0 Å². The molecule has 0 saturated heterocycles. The summed E-state index contributed by atoms with van der Waals surface area (Å²) in [6.07, 6.45) is 1.25. The Morgan fingerprint density at radius 2 is 1.73 bits per heavy atom. The summed E-state index contributed by atoms with van der Waals surface area (Å²) >= 11 is 0. The van der Waals surface area contributed by atoms with Crippen molar-refractivity contribution in [3.05, 3.63) is 0 Å². The van der Waals surface area contributed by atoms with Crippen molar-refractivity contribution >= 4 is 0 Å². The number of hydrogen-bond donors (Lipinski definition) is 1. The molecule has 2 heteroatoms. The van der Waals surface area contributed by atoms with E-state index in [0.29, 0.717) is 12.0 Å². The van der Waals surface area contributed by atoms with E-state index in [1.807, 2.05) is 6.92 Å². The van der Waals surface area contributed by atoms with Gasteiger partial charge in [0.2, 0.25) is 0 Å². The molecule has 0 fully saturated rings. The van der Waals surface area contributed by atoms with Crippen LogP contribution in [0.1, 0.15) is 34.1 Å². The topological polar surface area (TPSA) is 35.2 Å². The molecule has 68 valence electrons. The van der Waals surface area contributed by atoms with Gasteiger partial charge in [0.25, 0.3) is 0 Å². The minimum absolute atomic E-state index is 0.247. The fraction of sp³-hybridized carbons (Fsp3) is 1.00. The quantitative estimate of drug-likeness (QED) is 0.663. The molecule has 0 saturated carbocycles. The molecule has 0 aromatic rings. The molecule has 0 radical (unpaired) electrons. The van der Waals surface area contributed by atoms with E-state index >= 15 is 0 Å². The highest BCUT2D eigenvalue weighted by atomic mass is 16.5. The molecule has 2 unspecified atom stereocenters. The fourth-order valence-electron chi connectivity index (χ4n) is 0.948. The van der Waals surface area contributed by atoms with Gasteiger partial charge in [-0.25, -0.2) is 0 Å². The summed E-state index contributed by atoms with van der Waals surface area (Å²) in [5, 5.41) is 0. The molecule has 0 bridgehead atoms. The first-order valence-electron chi connectivity index (χ1n) is 4.39. The summed E-state index contributed by atoms with van der Waals surface area (Å²) in [5.74, 6) is 0.616. The van der Waals surface area contributed by atoms with Gasteiger partial charge in [-0.1, -0.05) is 13.8 Å². The van der Waals surface area contributed by atoms with E-state index < -0.39 is 0 Å². The number of ether oxygens (including phenoxy) is 1. The van der Waals surface area contributed by atoms with Crippen LogP contribution in [0.2, 0.25) is 0 Å². The lowest BCUT2D eigenvalue weighted by atomic mass is 10.2. The fourth-order valence-corrected chi connectivity index (χ4v) is 0.948. The Morgan fingerprint density at radius 1 is 1.18 bits per heavy atom. The van der Waals surface area contributed by atoms with E-state index in [1.165, 1.54) is 0 Å². The zero-order valence-corrected chi connectivity index (χ0v) is 8.13. The van der Waals surface area contributed by atoms with Crippen molar-refractivity contribution in [2.45, 2.75) is 46.3 Å². The maximum atomic E-state index is 5.62. The molecular formula is C9H21NO. The van der Waals surface area contributed by atoms with Gasteiger partial charge >= 0.3 is 0 Å². The third-order valence-electron chi connectivity index (χ3n) is 1.42. The van der Waals surface area contributed by atoms with Crippen molar-refractivity contribution in [3.63, 3.8) is 0 Å². The third-order valence-corrected chi connectivity index (χ3v) is 1.42. The van der Waals surface area contributed by atoms with E-state index in [2.05, 4.69) is 20.8 Å². The van der Waals surface area contributed by atoms with Gasteiger partial charge in [0.1, 0.15) is 0 Å². The standard InChI is InChI=1S/C9H21NO/c1-7(2)6-11-9(4)5-8(3)10/h7-9H,5-6,10H2,1-4H3. The summed E-state index contributed by atoms with van der Waals surface area (Å²) in [4.78, 5) is 0. The van der Waals surface area contributed by atoms with Crippen LogP contribution in [0.25, 0.3) is 0 Å². The summed E-state index contributed by atoms with van der Waals surface area (Å²) < 4.78 is 5.53. The molecule has 0 heterocycles. The molecule has 11 heavy (non-hydrogen) atoms. The Bertz CT molecular complexity index is 91.6. The molecule has 0 aliphatic rings. The minimum atomic E-state index is 0.247. The highest BCUT2D eigenvalue weighted by Crippen LogP contribution is 2.02. The number of nitrogens with two attached hydrogens (primary N) is 1. The molecule has 0 rings (SSSR count). The third kappa shape index (κ3) is 7.82. The van der Waals surface area contributed by atoms with Crippen LogP contribution in [0.3, 0.4) is 0 Å². The summed E-state index contributed by atoms with van der Waals surface area (Å²) in [5.41, 5.74) is 5.62. The van der Waals surface area contributed by atoms with Crippen molar-refractivity contribution in [2.24, 2.45) is 11.7 Å². The largest absolute Gasteiger partial charge is 0.378 e. The zero-order chi connectivity index (χ0) is 8.85. The van der Waals surface area contributed by atoms with Crippen LogP contribution in [0.5, 0.6) is 0 Å². The van der Waals surface area contributed by atoms with Crippen molar-refractivity contribution in [1.82, 2.24) is 0 Å². The van der Waals surface area contributed by atoms with Gasteiger partial charge in [0.15, 0.2) is 0 Å². The van der Waals surface area contributed by atoms with Gasteiger partial charge in [-0.3, -0.25) is 0 Å². The first-order chi connectivity index (χ1) is 5.02. The molecule has 2 N–H and O–H groups in total. The highest BCUT2D eigenvalue weighted by Gasteiger charge is 2.05. The van der Waals surface area contributed by atoms with E-state index in [9.17, 15) is 0 Å². The molecular weight excluding hydrogens is 138 g/mol. The van der Waals surface area contributed by atoms with Crippen LogP contribution in [0.15, 0.2) is 0 Å². The van der Waals surface area contributed by atoms with Crippen LogP contribution in [-0.2, 0) is 4.74 Å². The Kier molecular flexibility index (Phi) is 5.51. The summed E-state index contributed by atoms with van der Waals surface area (Å²) in [6.45, 7) is 9.23. The van der Waals surface area contributed by atoms with Crippen LogP contribution < -0.4 is 5.73 Å². The Hall–Kier alpha value is -0.0800. The first kappa shape index (κ1) is 10.9. The van der Waals surface area contributed by atoms with Crippen LogP contribution in [-0.4, -0.2) is 18.8 Å². The van der Waals surface area contributed by atoms with Crippen LogP contribution in [0.4, 0.5) is 0 Å². The van der Waals surface area contributed by atoms with Crippen LogP contribution >= 0.6 is 0 Å². The second-order valence-electron chi connectivity index (χ2n) is 3.75. The predicted octanol–water partition coefficient (Wildman–Crippen LogP) is 1.78. The molecule has 2 atom stereocenters. The van der Waals surface area contributed by atoms with Gasteiger partial charge < -0.3 is 10.5 Å². The average molecular weight is 159 g/mol. The van der Waals surface area contributed by atoms with Crippen molar-refractivity contribution in [1.29, 1.82) is 0 Å². The normalized spacial score (nSPS) is 16.9. The molecule has 0 spiro atoms.